The van der Waals surface area contributed by atoms with Crippen LogP contribution in [0, 0.1) is 20.8 Å². The number of ether oxygens (including phenoxy) is 1. The van der Waals surface area contributed by atoms with Gasteiger partial charge in [-0.3, -0.25) is 9.59 Å². The maximum absolute atomic E-state index is 13.9. The van der Waals surface area contributed by atoms with Crippen LogP contribution < -0.4 is 10.6 Å². The third kappa shape index (κ3) is 9.56. The molecule has 0 aromatic heterocycles. The number of carbonyl (C=O) groups is 3. The Bertz CT molecular complexity index is 1050. The van der Waals surface area contributed by atoms with Crippen LogP contribution in [0.2, 0.25) is 0 Å². The fourth-order valence-electron chi connectivity index (χ4n) is 4.19. The van der Waals surface area contributed by atoms with Crippen molar-refractivity contribution in [3.63, 3.8) is 0 Å². The molecule has 7 nitrogen and oxygen atoms in total. The number of para-hydroxylation sites is 1. The number of benzene rings is 2. The zero-order chi connectivity index (χ0) is 27.6. The highest BCUT2D eigenvalue weighted by molar-refractivity contribution is 5.99. The highest BCUT2D eigenvalue weighted by Crippen LogP contribution is 2.27. The summed E-state index contributed by atoms with van der Waals surface area (Å²) in [5.41, 5.74) is 3.68. The van der Waals surface area contributed by atoms with Crippen molar-refractivity contribution >= 4 is 23.6 Å². The average Bonchev–Trinajstić information content (AvgIpc) is 2.80. The first-order valence-corrected chi connectivity index (χ1v) is 13.1. The van der Waals surface area contributed by atoms with E-state index in [1.165, 1.54) is 0 Å². The molecule has 2 rings (SSSR count). The van der Waals surface area contributed by atoms with E-state index in [4.69, 9.17) is 4.74 Å². The van der Waals surface area contributed by atoms with Gasteiger partial charge in [0.1, 0.15) is 18.2 Å². The van der Waals surface area contributed by atoms with Crippen LogP contribution in [0.5, 0.6) is 0 Å². The minimum atomic E-state index is -0.853. The lowest BCUT2D eigenvalue weighted by atomic mass is 10.00. The van der Waals surface area contributed by atoms with Crippen LogP contribution in [0.15, 0.2) is 42.5 Å². The number of alkyl carbamates (subject to hydrolysis) is 1. The zero-order valence-electron chi connectivity index (χ0n) is 23.4. The summed E-state index contributed by atoms with van der Waals surface area (Å²) in [6.07, 6.45) is 3.13. The van der Waals surface area contributed by atoms with Gasteiger partial charge < -0.3 is 20.3 Å². The van der Waals surface area contributed by atoms with E-state index in [0.717, 1.165) is 53.6 Å². The molecule has 0 aliphatic carbocycles. The molecule has 0 fully saturated rings. The first kappa shape index (κ1) is 29.9. The molecule has 1 unspecified atom stereocenters. The van der Waals surface area contributed by atoms with E-state index in [1.807, 2.05) is 63.2 Å². The van der Waals surface area contributed by atoms with Gasteiger partial charge in [-0.2, -0.15) is 0 Å². The van der Waals surface area contributed by atoms with Crippen molar-refractivity contribution in [3.8, 4) is 0 Å². The number of unbranched alkanes of at least 4 members (excludes halogenated alkanes) is 3. The third-order valence-electron chi connectivity index (χ3n) is 6.00. The second-order valence-electron chi connectivity index (χ2n) is 10.6. The van der Waals surface area contributed by atoms with Crippen LogP contribution in [0.3, 0.4) is 0 Å². The van der Waals surface area contributed by atoms with Crippen LogP contribution >= 0.6 is 0 Å². The fraction of sp³-hybridized carbons (Fsp3) is 0.500. The normalized spacial score (nSPS) is 12.0. The maximum Gasteiger partial charge on any atom is 0.408 e. The Morgan fingerprint density at radius 1 is 0.946 bits per heavy atom. The molecule has 2 aromatic carbocycles. The van der Waals surface area contributed by atoms with Crippen molar-refractivity contribution in [2.45, 2.75) is 85.8 Å². The summed E-state index contributed by atoms with van der Waals surface area (Å²) in [7, 11) is 0. The monoisotopic (exact) mass is 509 g/mol. The molecule has 202 valence electrons. The second kappa shape index (κ2) is 13.8. The van der Waals surface area contributed by atoms with Crippen molar-refractivity contribution in [2.75, 3.05) is 18.4 Å². The van der Waals surface area contributed by atoms with Gasteiger partial charge in [-0.15, -0.1) is 0 Å². The van der Waals surface area contributed by atoms with E-state index in [1.54, 1.807) is 25.7 Å². The number of hydrogen-bond donors (Lipinski definition) is 2. The number of amides is 3. The lowest BCUT2D eigenvalue weighted by molar-refractivity contribution is -0.138. The summed E-state index contributed by atoms with van der Waals surface area (Å²) in [6.45, 7) is 13.4. The standard InChI is InChI=1S/C30H43N3O4/c1-8-9-10-11-18-33(25(34)20-31-29(36)37-30(5,6)7)27(24-17-12-14-21(2)19-24)28(35)32-26-22(3)15-13-16-23(26)4/h12-17,19,27H,8-11,18,20H2,1-7H3,(H,31,36)(H,32,35). The number of hydrogen-bond acceptors (Lipinski definition) is 4. The summed E-state index contributed by atoms with van der Waals surface area (Å²) < 4.78 is 5.29. The van der Waals surface area contributed by atoms with E-state index in [0.29, 0.717) is 6.54 Å². The van der Waals surface area contributed by atoms with Gasteiger partial charge in [0.05, 0.1) is 0 Å². The highest BCUT2D eigenvalue weighted by atomic mass is 16.6. The number of nitrogens with one attached hydrogen (secondary N) is 2. The van der Waals surface area contributed by atoms with Crippen molar-refractivity contribution < 1.29 is 19.1 Å². The largest absolute Gasteiger partial charge is 0.444 e. The molecular formula is C30H43N3O4. The molecule has 0 heterocycles. The van der Waals surface area contributed by atoms with Gasteiger partial charge in [-0.1, -0.05) is 74.2 Å². The van der Waals surface area contributed by atoms with Gasteiger partial charge >= 0.3 is 6.09 Å². The van der Waals surface area contributed by atoms with Crippen LogP contribution in [0.4, 0.5) is 10.5 Å². The van der Waals surface area contributed by atoms with Crippen LogP contribution in [-0.2, 0) is 14.3 Å². The van der Waals surface area contributed by atoms with Crippen LogP contribution in [0.25, 0.3) is 0 Å². The Kier molecular flexibility index (Phi) is 11.2. The van der Waals surface area contributed by atoms with Crippen molar-refractivity contribution in [1.82, 2.24) is 10.2 Å². The molecule has 0 radical (unpaired) electrons. The molecule has 1 atom stereocenters. The molecule has 0 aliphatic rings. The topological polar surface area (TPSA) is 87.7 Å². The smallest absolute Gasteiger partial charge is 0.408 e. The van der Waals surface area contributed by atoms with Gasteiger partial charge in [0.15, 0.2) is 0 Å². The molecule has 2 N–H and O–H groups in total. The molecule has 0 saturated carbocycles. The van der Waals surface area contributed by atoms with E-state index in [-0.39, 0.29) is 18.4 Å². The van der Waals surface area contributed by atoms with Crippen LogP contribution in [0.1, 0.15) is 81.7 Å². The molecule has 0 aliphatic heterocycles. The molecule has 0 bridgehead atoms. The predicted octanol–water partition coefficient (Wildman–Crippen LogP) is 6.23. The van der Waals surface area contributed by atoms with Gasteiger partial charge in [-0.05, 0) is 64.7 Å². The Labute approximate surface area is 222 Å². The van der Waals surface area contributed by atoms with E-state index in [2.05, 4.69) is 17.6 Å². The molecule has 0 saturated heterocycles. The van der Waals surface area contributed by atoms with E-state index in [9.17, 15) is 14.4 Å². The molecule has 3 amide bonds. The lowest BCUT2D eigenvalue weighted by Crippen LogP contribution is -2.47. The minimum absolute atomic E-state index is 0.262. The number of anilines is 1. The van der Waals surface area contributed by atoms with Crippen molar-refractivity contribution in [1.29, 1.82) is 0 Å². The Hall–Kier alpha value is -3.35. The molecular weight excluding hydrogens is 466 g/mol. The van der Waals surface area contributed by atoms with Gasteiger partial charge in [0, 0.05) is 12.2 Å². The Morgan fingerprint density at radius 3 is 2.19 bits per heavy atom. The quantitative estimate of drug-likeness (QED) is 0.352. The predicted molar refractivity (Wildman–Crippen MR) is 149 cm³/mol. The van der Waals surface area contributed by atoms with E-state index >= 15 is 0 Å². The summed E-state index contributed by atoms with van der Waals surface area (Å²) in [5.74, 6) is -0.630. The fourth-order valence-corrected chi connectivity index (χ4v) is 4.19. The van der Waals surface area contributed by atoms with Gasteiger partial charge in [0.25, 0.3) is 5.91 Å². The Morgan fingerprint density at radius 2 is 1.59 bits per heavy atom. The third-order valence-corrected chi connectivity index (χ3v) is 6.00. The average molecular weight is 510 g/mol. The van der Waals surface area contributed by atoms with Crippen molar-refractivity contribution in [2.24, 2.45) is 0 Å². The van der Waals surface area contributed by atoms with Crippen molar-refractivity contribution in [3.05, 3.63) is 64.7 Å². The Balaban J connectivity index is 2.40. The SMILES string of the molecule is CCCCCCN(C(=O)CNC(=O)OC(C)(C)C)C(C(=O)Nc1c(C)cccc1C)c1cccc(C)c1. The maximum atomic E-state index is 13.9. The number of nitrogens with zero attached hydrogens (tertiary/aromatic N) is 1. The molecule has 37 heavy (non-hydrogen) atoms. The van der Waals surface area contributed by atoms with Gasteiger partial charge in [-0.25, -0.2) is 4.79 Å². The summed E-state index contributed by atoms with van der Waals surface area (Å²) in [5, 5.41) is 5.65. The number of carbonyl (C=O) groups excluding carboxylic acids is 3. The first-order chi connectivity index (χ1) is 17.4. The van der Waals surface area contributed by atoms with Gasteiger partial charge in [0.2, 0.25) is 5.91 Å². The van der Waals surface area contributed by atoms with Crippen LogP contribution in [-0.4, -0.2) is 41.5 Å². The summed E-state index contributed by atoms with van der Waals surface area (Å²) in [6, 6.07) is 12.6. The second-order valence-corrected chi connectivity index (χ2v) is 10.6. The summed E-state index contributed by atoms with van der Waals surface area (Å²) in [4.78, 5) is 41.2. The number of aryl methyl sites for hydroxylation is 3. The first-order valence-electron chi connectivity index (χ1n) is 13.1. The lowest BCUT2D eigenvalue weighted by Gasteiger charge is -2.32. The number of rotatable bonds is 11. The summed E-state index contributed by atoms with van der Waals surface area (Å²) >= 11 is 0. The molecule has 7 heteroatoms. The minimum Gasteiger partial charge on any atom is -0.444 e. The van der Waals surface area contributed by atoms with E-state index < -0.39 is 17.7 Å². The highest BCUT2D eigenvalue weighted by Gasteiger charge is 2.32. The molecule has 2 aromatic rings. The molecule has 0 spiro atoms. The zero-order valence-corrected chi connectivity index (χ0v) is 23.4.